The number of aromatic nitrogens is 8. The lowest BCUT2D eigenvalue weighted by atomic mass is 10.0. The van der Waals surface area contributed by atoms with E-state index in [2.05, 4.69) is 322 Å². The Morgan fingerprint density at radius 2 is 0.802 bits per heavy atom. The van der Waals surface area contributed by atoms with Gasteiger partial charge in [0, 0.05) is 235 Å². The highest BCUT2D eigenvalue weighted by atomic mass is 19.1. The zero-order valence-electron chi connectivity index (χ0n) is 83.1. The van der Waals surface area contributed by atoms with Crippen molar-refractivity contribution in [3.63, 3.8) is 0 Å². The van der Waals surface area contributed by atoms with E-state index in [1.807, 2.05) is 73.3 Å². The maximum absolute atomic E-state index is 12.9. The quantitative estimate of drug-likeness (QED) is 0.154. The van der Waals surface area contributed by atoms with Crippen LogP contribution in [0.25, 0.3) is 0 Å². The summed E-state index contributed by atoms with van der Waals surface area (Å²) in [4.78, 5) is 62.4. The summed E-state index contributed by atoms with van der Waals surface area (Å²) < 4.78 is 29.3. The molecule has 688 valence electrons. The highest BCUT2D eigenvalue weighted by Crippen LogP contribution is 2.41. The highest BCUT2D eigenvalue weighted by molar-refractivity contribution is 5.55. The van der Waals surface area contributed by atoms with Gasteiger partial charge in [0.2, 0.25) is 0 Å². The monoisotopic (exact) mass is 1730 g/mol. The van der Waals surface area contributed by atoms with E-state index in [0.29, 0.717) is 25.7 Å². The Labute approximate surface area is 757 Å². The van der Waals surface area contributed by atoms with Crippen molar-refractivity contribution in [2.24, 2.45) is 0 Å². The van der Waals surface area contributed by atoms with Crippen LogP contribution in [0.15, 0.2) is 104 Å². The number of halogens is 1. The summed E-state index contributed by atoms with van der Waals surface area (Å²) >= 11 is 0. The third-order valence-electron chi connectivity index (χ3n) is 26.0. The van der Waals surface area contributed by atoms with Crippen molar-refractivity contribution in [1.82, 2.24) is 79.1 Å². The normalized spacial score (nSPS) is 18.5. The molecular formula is C103H156FN19O3. The molecular weight excluding hydrogens is 1570 g/mol. The average Bonchev–Trinajstić information content (AvgIpc) is 1.68. The van der Waals surface area contributed by atoms with Crippen molar-refractivity contribution in [2.45, 2.75) is 349 Å². The van der Waals surface area contributed by atoms with E-state index in [1.54, 1.807) is 7.11 Å². The summed E-state index contributed by atoms with van der Waals surface area (Å²) in [6, 6.07) is 23.7. The Bertz CT molecular complexity index is 4950. The third-order valence-corrected chi connectivity index (χ3v) is 26.0. The van der Waals surface area contributed by atoms with Crippen LogP contribution in [0.2, 0.25) is 0 Å². The van der Waals surface area contributed by atoms with Crippen LogP contribution in [-0.2, 0) is 103 Å². The molecule has 0 aliphatic carbocycles. The van der Waals surface area contributed by atoms with E-state index in [-0.39, 0.29) is 44.3 Å². The molecule has 1 unspecified atom stereocenters. The maximum atomic E-state index is 12.9. The number of fused-ring (bicyclic) bond motifs is 8. The Hall–Kier alpha value is -8.23. The number of alkyl halides is 1. The van der Waals surface area contributed by atoms with Gasteiger partial charge in [0.25, 0.3) is 0 Å². The minimum atomic E-state index is -0.675. The zero-order chi connectivity index (χ0) is 92.1. The molecule has 126 heavy (non-hydrogen) atoms. The lowest BCUT2D eigenvalue weighted by molar-refractivity contribution is 0.0994. The standard InChI is InChI=1S/C15H23N3O.C14H20FN3.C13H21N3.C13H20N2O.C12H18N2O.3C12H18N2/c1-15(2,3)18-10-12-4-5-14(16-13(12)11-18)17-6-8-19-9-7-17;1-14(2,3)18-6-10-4-5-13(16-12(10)9-18)17-7-11(15)8-17;1-13(2,3)16-8-10-11(9-16)14-7-6-12(10)15(4)5;1-5-16-12-6-7-14-11-9-15(8-10(11)12)13(2,3)4;1-12(2,3)14-7-9-10(8-14)13-6-5-11(9)15-4;1-9-5-10-7-14(12(2,3)4)8-11(10)13-6-9;1-9-5-6-13-11-8-14(7-10(9)11)12(2,3)4;1-9-10-6-5-7-13-11(10)8-14(9)12(2,3)4/h4-5H,6-11H2,1-3H3;4-5,11H,6-9H2,1-3H3;6-7H,8-9H2,1-5H3;6-7H,5,8-9H2,1-4H3;5-6H,7-8H2,1-4H3;2*5-6H,7-8H2,1-4H3;5-7,9H,8H2,1-4H3. The number of morpholine rings is 1. The van der Waals surface area contributed by atoms with Crippen molar-refractivity contribution in [3.8, 4) is 11.5 Å². The van der Waals surface area contributed by atoms with Crippen molar-refractivity contribution < 1.29 is 18.6 Å². The lowest BCUT2D eigenvalue weighted by Gasteiger charge is -2.35. The Morgan fingerprint density at radius 1 is 0.405 bits per heavy atom. The van der Waals surface area contributed by atoms with Crippen molar-refractivity contribution in [3.05, 3.63) is 205 Å². The molecule has 0 saturated carbocycles. The first-order valence-corrected chi connectivity index (χ1v) is 46.1. The van der Waals surface area contributed by atoms with Gasteiger partial charge < -0.3 is 28.9 Å². The number of rotatable bonds is 6. The summed E-state index contributed by atoms with van der Waals surface area (Å²) in [5, 5.41) is 0. The van der Waals surface area contributed by atoms with Gasteiger partial charge in [-0.3, -0.25) is 69.1 Å². The topological polar surface area (TPSA) is 166 Å². The minimum absolute atomic E-state index is 0.168. The van der Waals surface area contributed by atoms with Crippen LogP contribution in [0.1, 0.15) is 287 Å². The van der Waals surface area contributed by atoms with Crippen molar-refractivity contribution >= 4 is 17.3 Å². The molecule has 2 saturated heterocycles. The van der Waals surface area contributed by atoms with Gasteiger partial charge in [0.15, 0.2) is 0 Å². The smallest absolute Gasteiger partial charge is 0.135 e. The first kappa shape index (κ1) is 98.4. The molecule has 0 radical (unpaired) electrons. The number of hydrogen-bond donors (Lipinski definition) is 0. The van der Waals surface area contributed by atoms with Gasteiger partial charge in [0.05, 0.1) is 85.6 Å². The number of pyridine rings is 8. The molecule has 22 nitrogen and oxygen atoms in total. The number of hydrogen-bond acceptors (Lipinski definition) is 22. The first-order chi connectivity index (χ1) is 58.8. The minimum Gasteiger partial charge on any atom is -0.496 e. The second kappa shape index (κ2) is 40.0. The van der Waals surface area contributed by atoms with Crippen LogP contribution in [0, 0.1) is 13.8 Å². The predicted molar refractivity (Wildman–Crippen MR) is 512 cm³/mol. The SMILES string of the molecule is CC(C)(C)N1Cc2ccc(N3CC(F)C3)nc2C1.CC(C)(C)N1Cc2ccc(N3CCOCC3)nc2C1.CC1c2cccnc2CN1C(C)(C)C.CCOc1ccnc2c1CN(C(C)(C)C)C2.CN(C)c1ccnc2c1CN(C(C)(C)C)C2.COc1ccnc2c1CN(C(C)(C)C)C2.Cc1ccnc2c1CN(C(C)(C)C)C2.Cc1cnc2c(c1)CN(C(C)(C)C)C2. The zero-order valence-corrected chi connectivity index (χ0v) is 83.1. The van der Waals surface area contributed by atoms with E-state index in [9.17, 15) is 4.39 Å². The molecule has 1 atom stereocenters. The second-order valence-electron chi connectivity index (χ2n) is 43.8. The van der Waals surface area contributed by atoms with Crippen LogP contribution in [0.4, 0.5) is 21.7 Å². The summed E-state index contributed by atoms with van der Waals surface area (Å²) in [5.41, 5.74) is 26.2. The summed E-state index contributed by atoms with van der Waals surface area (Å²) in [6.07, 6.45) is 10.7. The fourth-order valence-corrected chi connectivity index (χ4v) is 17.3. The first-order valence-electron chi connectivity index (χ1n) is 46.1. The molecule has 18 heterocycles. The molecule has 10 aliphatic heterocycles. The second-order valence-corrected chi connectivity index (χ2v) is 43.8. The fraction of sp³-hybridized carbons (Fsp3) is 0.612. The maximum Gasteiger partial charge on any atom is 0.135 e. The highest BCUT2D eigenvalue weighted by Gasteiger charge is 2.39. The Morgan fingerprint density at radius 3 is 1.25 bits per heavy atom. The van der Waals surface area contributed by atoms with Gasteiger partial charge in [0.1, 0.15) is 29.3 Å². The van der Waals surface area contributed by atoms with Gasteiger partial charge in [-0.05, 0) is 275 Å². The van der Waals surface area contributed by atoms with Gasteiger partial charge in [-0.1, -0.05) is 24.3 Å². The molecule has 8 aromatic rings. The molecule has 2 fully saturated rings. The predicted octanol–water partition coefficient (Wildman–Crippen LogP) is 19.2. The number of methoxy groups -OCH3 is 1. The lowest BCUT2D eigenvalue weighted by Crippen LogP contribution is -2.48. The Balaban J connectivity index is 0.000000140. The summed E-state index contributed by atoms with van der Waals surface area (Å²) in [7, 11) is 5.90. The van der Waals surface area contributed by atoms with E-state index >= 15 is 0 Å². The molecule has 0 aromatic carbocycles. The largest absolute Gasteiger partial charge is 0.496 e. The van der Waals surface area contributed by atoms with Crippen LogP contribution in [0.3, 0.4) is 0 Å². The molecule has 10 aliphatic rings. The van der Waals surface area contributed by atoms with Gasteiger partial charge in [-0.15, -0.1) is 0 Å². The molecule has 0 spiro atoms. The number of anilines is 3. The average molecular weight is 1730 g/mol. The van der Waals surface area contributed by atoms with Gasteiger partial charge >= 0.3 is 0 Å². The fourth-order valence-electron chi connectivity index (χ4n) is 17.3. The van der Waals surface area contributed by atoms with E-state index in [4.69, 9.17) is 24.2 Å². The van der Waals surface area contributed by atoms with E-state index in [1.165, 1.54) is 95.5 Å². The molecule has 18 rings (SSSR count). The molecule has 0 amide bonds. The molecule has 0 bridgehead atoms. The van der Waals surface area contributed by atoms with Crippen LogP contribution < -0.4 is 24.2 Å². The summed E-state index contributed by atoms with van der Waals surface area (Å²) in [5.74, 6) is 4.00. The van der Waals surface area contributed by atoms with Crippen molar-refractivity contribution in [1.29, 1.82) is 0 Å². The van der Waals surface area contributed by atoms with Crippen LogP contribution in [0.5, 0.6) is 11.5 Å². The van der Waals surface area contributed by atoms with E-state index < -0.39 is 6.17 Å². The van der Waals surface area contributed by atoms with Crippen molar-refractivity contribution in [2.75, 3.05) is 81.9 Å². The van der Waals surface area contributed by atoms with Gasteiger partial charge in [-0.2, -0.15) is 0 Å². The van der Waals surface area contributed by atoms with Crippen LogP contribution >= 0.6 is 0 Å². The molecule has 0 N–H and O–H groups in total. The Kier molecular flexibility index (Phi) is 31.2. The van der Waals surface area contributed by atoms with Gasteiger partial charge in [-0.25, -0.2) is 14.4 Å². The number of aryl methyl sites for hydroxylation is 2. The number of nitrogens with zero attached hydrogens (tertiary/aromatic N) is 19. The molecule has 8 aromatic heterocycles. The number of ether oxygens (including phenoxy) is 3. The third kappa shape index (κ3) is 25.0. The molecule has 23 heteroatoms. The van der Waals surface area contributed by atoms with Crippen LogP contribution in [-0.4, -0.2) is 197 Å². The van der Waals surface area contributed by atoms with E-state index in [0.717, 1.165) is 159 Å². The summed E-state index contributed by atoms with van der Waals surface area (Å²) in [6.45, 7) is 82.4.